The average molecular weight is 263 g/mol. The number of rotatable bonds is 5. The van der Waals surface area contributed by atoms with Crippen LogP contribution in [0.2, 0.25) is 0 Å². The van der Waals surface area contributed by atoms with Gasteiger partial charge in [-0.1, -0.05) is 44.2 Å². The normalized spacial score (nSPS) is 21.8. The van der Waals surface area contributed by atoms with Gasteiger partial charge in [0.25, 0.3) is 0 Å². The number of aliphatic hydroxyl groups is 1. The van der Waals surface area contributed by atoms with Crippen molar-refractivity contribution in [1.82, 2.24) is 4.90 Å². The van der Waals surface area contributed by atoms with E-state index in [0.717, 1.165) is 31.7 Å². The third kappa shape index (κ3) is 3.56. The molecule has 1 aliphatic heterocycles. The molecule has 3 nitrogen and oxygen atoms in total. The van der Waals surface area contributed by atoms with Gasteiger partial charge in [0.1, 0.15) is 0 Å². The molecule has 1 saturated heterocycles. The summed E-state index contributed by atoms with van der Waals surface area (Å²) in [5, 5.41) is 10.6. The summed E-state index contributed by atoms with van der Waals surface area (Å²) in [4.78, 5) is 2.32. The zero-order chi connectivity index (χ0) is 13.9. The first kappa shape index (κ1) is 14.5. The van der Waals surface area contributed by atoms with Crippen molar-refractivity contribution in [3.63, 3.8) is 0 Å². The molecule has 1 fully saturated rings. The van der Waals surface area contributed by atoms with Gasteiger partial charge in [0.15, 0.2) is 0 Å². The molecule has 2 atom stereocenters. The summed E-state index contributed by atoms with van der Waals surface area (Å²) in [5.41, 5.74) is 0.808. The monoisotopic (exact) mass is 263 g/mol. The summed E-state index contributed by atoms with van der Waals surface area (Å²) in [6.07, 6.45) is 0.645. The van der Waals surface area contributed by atoms with Gasteiger partial charge in [-0.2, -0.15) is 0 Å². The second kappa shape index (κ2) is 6.04. The van der Waals surface area contributed by atoms with Gasteiger partial charge < -0.3 is 14.7 Å². The molecule has 3 heteroatoms. The van der Waals surface area contributed by atoms with Crippen LogP contribution >= 0.6 is 0 Å². The van der Waals surface area contributed by atoms with Crippen molar-refractivity contribution in [2.75, 3.05) is 26.8 Å². The molecular weight excluding hydrogens is 238 g/mol. The van der Waals surface area contributed by atoms with Crippen LogP contribution in [0.4, 0.5) is 0 Å². The standard InChI is InChI=1S/C16H25NO2/c1-16(2,12-17(3)14-9-10-19-11-14)15(18)13-7-5-4-6-8-13/h4-8,14-15,18H,9-12H2,1-3H3. The van der Waals surface area contributed by atoms with Gasteiger partial charge in [-0.05, 0) is 19.0 Å². The number of likely N-dealkylation sites (N-methyl/N-ethyl adjacent to an activating group) is 1. The van der Waals surface area contributed by atoms with Crippen LogP contribution in [0.15, 0.2) is 30.3 Å². The van der Waals surface area contributed by atoms with Crippen LogP contribution in [-0.4, -0.2) is 42.9 Å². The van der Waals surface area contributed by atoms with Gasteiger partial charge in [-0.15, -0.1) is 0 Å². The zero-order valence-corrected chi connectivity index (χ0v) is 12.2. The second-order valence-corrected chi connectivity index (χ2v) is 6.23. The third-order valence-corrected chi connectivity index (χ3v) is 4.04. The Balaban J connectivity index is 2.00. The first-order valence-electron chi connectivity index (χ1n) is 7.02. The van der Waals surface area contributed by atoms with Crippen molar-refractivity contribution in [2.45, 2.75) is 32.4 Å². The lowest BCUT2D eigenvalue weighted by molar-refractivity contribution is 0.0154. The molecule has 2 unspecified atom stereocenters. The molecule has 1 N–H and O–H groups in total. The van der Waals surface area contributed by atoms with Gasteiger partial charge in [-0.25, -0.2) is 0 Å². The van der Waals surface area contributed by atoms with E-state index in [-0.39, 0.29) is 5.41 Å². The van der Waals surface area contributed by atoms with E-state index in [1.54, 1.807) is 0 Å². The molecule has 1 aromatic rings. The Hall–Kier alpha value is -0.900. The minimum absolute atomic E-state index is 0.182. The average Bonchev–Trinajstić information content (AvgIpc) is 2.92. The highest BCUT2D eigenvalue weighted by Gasteiger charge is 2.33. The maximum Gasteiger partial charge on any atom is 0.0853 e. The Morgan fingerprint density at radius 2 is 2.05 bits per heavy atom. The van der Waals surface area contributed by atoms with Gasteiger partial charge >= 0.3 is 0 Å². The molecular formula is C16H25NO2. The number of aliphatic hydroxyl groups excluding tert-OH is 1. The number of benzene rings is 1. The zero-order valence-electron chi connectivity index (χ0n) is 12.2. The number of ether oxygens (including phenoxy) is 1. The molecule has 2 rings (SSSR count). The van der Waals surface area contributed by atoms with E-state index in [2.05, 4.69) is 25.8 Å². The van der Waals surface area contributed by atoms with Crippen molar-refractivity contribution in [3.8, 4) is 0 Å². The molecule has 0 radical (unpaired) electrons. The van der Waals surface area contributed by atoms with Crippen LogP contribution < -0.4 is 0 Å². The molecule has 0 aromatic heterocycles. The Morgan fingerprint density at radius 3 is 2.63 bits per heavy atom. The molecule has 0 aliphatic carbocycles. The Bertz CT molecular complexity index is 385. The van der Waals surface area contributed by atoms with Gasteiger partial charge in [0.2, 0.25) is 0 Å². The summed E-state index contributed by atoms with van der Waals surface area (Å²) in [6.45, 7) is 6.77. The molecule has 0 spiro atoms. The van der Waals surface area contributed by atoms with Crippen molar-refractivity contribution in [2.24, 2.45) is 5.41 Å². The number of hydrogen-bond acceptors (Lipinski definition) is 3. The van der Waals surface area contributed by atoms with E-state index in [4.69, 9.17) is 4.74 Å². The van der Waals surface area contributed by atoms with Crippen molar-refractivity contribution < 1.29 is 9.84 Å². The Morgan fingerprint density at radius 1 is 1.37 bits per heavy atom. The molecule has 0 amide bonds. The highest BCUT2D eigenvalue weighted by atomic mass is 16.5. The van der Waals surface area contributed by atoms with Crippen LogP contribution in [0.25, 0.3) is 0 Å². The third-order valence-electron chi connectivity index (χ3n) is 4.04. The SMILES string of the molecule is CN(CC(C)(C)C(O)c1ccccc1)C1CCOC1. The maximum atomic E-state index is 10.6. The Labute approximate surface area is 116 Å². The van der Waals surface area contributed by atoms with Gasteiger partial charge in [0.05, 0.1) is 12.7 Å². The van der Waals surface area contributed by atoms with E-state index in [1.807, 2.05) is 30.3 Å². The van der Waals surface area contributed by atoms with E-state index < -0.39 is 6.10 Å². The highest BCUT2D eigenvalue weighted by molar-refractivity contribution is 5.19. The van der Waals surface area contributed by atoms with Crippen molar-refractivity contribution >= 4 is 0 Å². The van der Waals surface area contributed by atoms with E-state index in [0.29, 0.717) is 6.04 Å². The van der Waals surface area contributed by atoms with Crippen LogP contribution in [-0.2, 0) is 4.74 Å². The lowest BCUT2D eigenvalue weighted by atomic mass is 9.82. The van der Waals surface area contributed by atoms with Gasteiger partial charge in [0, 0.05) is 24.6 Å². The fourth-order valence-corrected chi connectivity index (χ4v) is 2.81. The molecule has 19 heavy (non-hydrogen) atoms. The quantitative estimate of drug-likeness (QED) is 0.886. The van der Waals surface area contributed by atoms with Crippen LogP contribution in [0, 0.1) is 5.41 Å². The van der Waals surface area contributed by atoms with Crippen molar-refractivity contribution in [3.05, 3.63) is 35.9 Å². The summed E-state index contributed by atoms with van der Waals surface area (Å²) in [7, 11) is 2.12. The Kier molecular flexibility index (Phi) is 4.61. The van der Waals surface area contributed by atoms with Crippen LogP contribution in [0.5, 0.6) is 0 Å². The summed E-state index contributed by atoms with van der Waals surface area (Å²) in [6, 6.07) is 10.4. The highest BCUT2D eigenvalue weighted by Crippen LogP contribution is 2.34. The van der Waals surface area contributed by atoms with Crippen LogP contribution in [0.3, 0.4) is 0 Å². The largest absolute Gasteiger partial charge is 0.388 e. The predicted molar refractivity (Wildman–Crippen MR) is 77.0 cm³/mol. The van der Waals surface area contributed by atoms with Crippen molar-refractivity contribution in [1.29, 1.82) is 0 Å². The smallest absolute Gasteiger partial charge is 0.0853 e. The van der Waals surface area contributed by atoms with E-state index >= 15 is 0 Å². The molecule has 1 aromatic carbocycles. The van der Waals surface area contributed by atoms with Crippen LogP contribution in [0.1, 0.15) is 31.9 Å². The maximum absolute atomic E-state index is 10.6. The second-order valence-electron chi connectivity index (χ2n) is 6.23. The molecule has 0 bridgehead atoms. The lowest BCUT2D eigenvalue weighted by Crippen LogP contribution is -2.41. The number of hydrogen-bond donors (Lipinski definition) is 1. The fraction of sp³-hybridized carbons (Fsp3) is 0.625. The molecule has 0 saturated carbocycles. The minimum atomic E-state index is -0.446. The summed E-state index contributed by atoms with van der Waals surface area (Å²) >= 11 is 0. The fourth-order valence-electron chi connectivity index (χ4n) is 2.81. The molecule has 106 valence electrons. The minimum Gasteiger partial charge on any atom is -0.388 e. The molecule has 1 aliphatic rings. The first-order valence-corrected chi connectivity index (χ1v) is 7.02. The number of nitrogens with zero attached hydrogens (tertiary/aromatic N) is 1. The predicted octanol–water partition coefficient (Wildman–Crippen LogP) is 2.47. The van der Waals surface area contributed by atoms with Gasteiger partial charge in [-0.3, -0.25) is 0 Å². The topological polar surface area (TPSA) is 32.7 Å². The van der Waals surface area contributed by atoms with E-state index in [1.165, 1.54) is 0 Å². The molecule has 1 heterocycles. The first-order chi connectivity index (χ1) is 9.00. The lowest BCUT2D eigenvalue weighted by Gasteiger charge is -2.36. The summed E-state index contributed by atoms with van der Waals surface area (Å²) in [5.74, 6) is 0. The van der Waals surface area contributed by atoms with E-state index in [9.17, 15) is 5.11 Å². The summed E-state index contributed by atoms with van der Waals surface area (Å²) < 4.78 is 5.43.